The first-order valence-electron chi connectivity index (χ1n) is 10.7. The van der Waals surface area contributed by atoms with E-state index in [2.05, 4.69) is 15.3 Å². The van der Waals surface area contributed by atoms with Crippen LogP contribution >= 0.6 is 11.6 Å². The molecule has 4 rings (SSSR count). The summed E-state index contributed by atoms with van der Waals surface area (Å²) >= 11 is 6.66. The molecule has 1 aromatic carbocycles. The van der Waals surface area contributed by atoms with Gasteiger partial charge in [-0.3, -0.25) is 14.2 Å². The molecule has 0 unspecified atom stereocenters. The fourth-order valence-corrected chi connectivity index (χ4v) is 5.11. The lowest BCUT2D eigenvalue weighted by Gasteiger charge is -2.14. The fourth-order valence-electron chi connectivity index (χ4n) is 3.81. The van der Waals surface area contributed by atoms with Crippen LogP contribution in [0.4, 0.5) is 0 Å². The zero-order valence-corrected chi connectivity index (χ0v) is 21.8. The van der Waals surface area contributed by atoms with E-state index in [0.717, 1.165) is 11.9 Å². The molecule has 36 heavy (non-hydrogen) atoms. The molecule has 13 heteroatoms. The molecule has 0 atom stereocenters. The summed E-state index contributed by atoms with van der Waals surface area (Å²) in [6.45, 7) is 3.43. The van der Waals surface area contributed by atoms with Crippen molar-refractivity contribution in [2.75, 3.05) is 6.26 Å². The second kappa shape index (κ2) is 9.36. The number of rotatable bonds is 7. The van der Waals surface area contributed by atoms with Crippen molar-refractivity contribution in [1.29, 1.82) is 0 Å². The summed E-state index contributed by atoms with van der Waals surface area (Å²) in [7, 11) is -0.470. The molecule has 0 aliphatic carbocycles. The topological polar surface area (TPSA) is 131 Å². The second-order valence-corrected chi connectivity index (χ2v) is 10.7. The molecule has 11 nitrogen and oxygen atoms in total. The number of hydrogen-bond acceptors (Lipinski definition) is 8. The number of benzene rings is 1. The average Bonchev–Trinajstić information content (AvgIpc) is 3.47. The molecule has 0 saturated carbocycles. The van der Waals surface area contributed by atoms with Gasteiger partial charge in [-0.1, -0.05) is 11.6 Å². The lowest BCUT2D eigenvalue weighted by Crippen LogP contribution is -2.15. The summed E-state index contributed by atoms with van der Waals surface area (Å²) < 4.78 is 34.7. The molecule has 0 spiro atoms. The molecule has 0 N–H and O–H groups in total. The maximum absolute atomic E-state index is 13.7. The first-order valence-corrected chi connectivity index (χ1v) is 12.9. The maximum atomic E-state index is 13.7. The number of ketones is 1. The van der Waals surface area contributed by atoms with E-state index < -0.39 is 21.6 Å². The lowest BCUT2D eigenvalue weighted by atomic mass is 10.0. The van der Waals surface area contributed by atoms with Gasteiger partial charge in [0, 0.05) is 43.9 Å². The van der Waals surface area contributed by atoms with Gasteiger partial charge in [0.15, 0.2) is 9.84 Å². The van der Waals surface area contributed by atoms with Crippen LogP contribution in [0.2, 0.25) is 5.02 Å². The highest BCUT2D eigenvalue weighted by Gasteiger charge is 2.29. The second-order valence-electron chi connectivity index (χ2n) is 8.34. The molecule has 4 aromatic rings. The average molecular weight is 531 g/mol. The van der Waals surface area contributed by atoms with Gasteiger partial charge >= 0.3 is 5.97 Å². The normalized spacial score (nSPS) is 11.6. The van der Waals surface area contributed by atoms with Crippen LogP contribution in [-0.2, 0) is 30.5 Å². The highest BCUT2D eigenvalue weighted by atomic mass is 35.5. The Morgan fingerprint density at radius 3 is 2.42 bits per heavy atom. The van der Waals surface area contributed by atoms with Crippen LogP contribution < -0.4 is 4.74 Å². The van der Waals surface area contributed by atoms with E-state index in [-0.39, 0.29) is 44.6 Å². The summed E-state index contributed by atoms with van der Waals surface area (Å²) in [4.78, 5) is 26.3. The summed E-state index contributed by atoms with van der Waals surface area (Å²) in [6.07, 6.45) is 5.58. The zero-order valence-electron chi connectivity index (χ0n) is 20.2. The monoisotopic (exact) mass is 530 g/mol. The number of esters is 1. The summed E-state index contributed by atoms with van der Waals surface area (Å²) in [5.41, 5.74) is 1.54. The first kappa shape index (κ1) is 25.3. The van der Waals surface area contributed by atoms with Crippen LogP contribution in [0, 0.1) is 13.8 Å². The number of nitrogens with zero attached hydrogens (tertiary/aromatic N) is 6. The molecule has 188 valence electrons. The molecule has 3 heterocycles. The van der Waals surface area contributed by atoms with Crippen molar-refractivity contribution in [2.45, 2.75) is 25.3 Å². The van der Waals surface area contributed by atoms with Crippen LogP contribution in [0.5, 0.6) is 5.88 Å². The number of hydrogen-bond donors (Lipinski definition) is 0. The summed E-state index contributed by atoms with van der Waals surface area (Å²) in [5.74, 6) is -1.36. The SMILES string of the molecule is Cc1ccn(Cc2c(S(C)(=O)=O)ccc(C(=O)c3c(C)nn(C)c3OC(=O)c3cnn(C)c3)c2Cl)n1. The Bertz CT molecular complexity index is 1620. The van der Waals surface area contributed by atoms with Crippen LogP contribution in [0.15, 0.2) is 41.7 Å². The van der Waals surface area contributed by atoms with Gasteiger partial charge in [-0.15, -0.1) is 0 Å². The summed E-state index contributed by atoms with van der Waals surface area (Å²) in [6, 6.07) is 4.45. The highest BCUT2D eigenvalue weighted by molar-refractivity contribution is 7.90. The third kappa shape index (κ3) is 4.82. The van der Waals surface area contributed by atoms with Crippen LogP contribution in [0.25, 0.3) is 0 Å². The predicted molar refractivity (Wildman–Crippen MR) is 130 cm³/mol. The Morgan fingerprint density at radius 1 is 1.11 bits per heavy atom. The van der Waals surface area contributed by atoms with Gasteiger partial charge in [-0.25, -0.2) is 17.9 Å². The number of carbonyl (C=O) groups excluding carboxylic acids is 2. The lowest BCUT2D eigenvalue weighted by molar-refractivity contribution is 0.0718. The van der Waals surface area contributed by atoms with E-state index in [0.29, 0.717) is 5.69 Å². The van der Waals surface area contributed by atoms with E-state index in [4.69, 9.17) is 16.3 Å². The Balaban J connectivity index is 1.79. The van der Waals surface area contributed by atoms with E-state index >= 15 is 0 Å². The molecule has 3 aromatic heterocycles. The minimum Gasteiger partial charge on any atom is -0.403 e. The zero-order chi connectivity index (χ0) is 26.4. The minimum absolute atomic E-state index is 0.0108. The van der Waals surface area contributed by atoms with Crippen molar-refractivity contribution in [1.82, 2.24) is 29.3 Å². The highest BCUT2D eigenvalue weighted by Crippen LogP contribution is 2.33. The molecule has 0 fully saturated rings. The standard InChI is InChI=1S/C23H23ClN6O5S/c1-13-8-9-30(26-13)12-17-18(36(5,33)34)7-6-16(20(17)24)21(31)19-14(2)27-29(4)22(19)35-23(32)15-10-25-28(3)11-15/h6-11H,12H2,1-5H3. The Hall–Kier alpha value is -3.77. The molecular formula is C23H23ClN6O5S. The van der Waals surface area contributed by atoms with Gasteiger partial charge in [0.1, 0.15) is 5.56 Å². The Labute approximate surface area is 212 Å². The number of carbonyl (C=O) groups is 2. The van der Waals surface area contributed by atoms with E-state index in [1.807, 2.05) is 0 Å². The van der Waals surface area contributed by atoms with Gasteiger partial charge < -0.3 is 4.74 Å². The van der Waals surface area contributed by atoms with Crippen molar-refractivity contribution in [3.05, 3.63) is 75.5 Å². The van der Waals surface area contributed by atoms with Crippen LogP contribution in [0.1, 0.15) is 43.2 Å². The number of halogens is 1. The van der Waals surface area contributed by atoms with Crippen molar-refractivity contribution in [2.24, 2.45) is 14.1 Å². The van der Waals surface area contributed by atoms with Gasteiger partial charge in [0.05, 0.1) is 39.6 Å². The third-order valence-electron chi connectivity index (χ3n) is 5.47. The fraction of sp³-hybridized carbons (Fsp3) is 0.261. The van der Waals surface area contributed by atoms with E-state index in [1.165, 1.54) is 45.6 Å². The van der Waals surface area contributed by atoms with E-state index in [1.54, 1.807) is 33.2 Å². The molecule has 0 bridgehead atoms. The van der Waals surface area contributed by atoms with Crippen LogP contribution in [0.3, 0.4) is 0 Å². The molecule has 0 aliphatic heterocycles. The van der Waals surface area contributed by atoms with Gasteiger partial charge in [0.25, 0.3) is 0 Å². The summed E-state index contributed by atoms with van der Waals surface area (Å²) in [5, 5.41) is 12.4. The Morgan fingerprint density at radius 2 is 1.83 bits per heavy atom. The molecule has 0 aliphatic rings. The molecular weight excluding hydrogens is 508 g/mol. The van der Waals surface area contributed by atoms with Gasteiger partial charge in [0.2, 0.25) is 11.7 Å². The number of aromatic nitrogens is 6. The first-order chi connectivity index (χ1) is 16.9. The number of aryl methyl sites for hydroxylation is 4. The molecule has 0 saturated heterocycles. The van der Waals surface area contributed by atoms with Crippen molar-refractivity contribution >= 4 is 33.2 Å². The maximum Gasteiger partial charge on any atom is 0.348 e. The van der Waals surface area contributed by atoms with Crippen molar-refractivity contribution < 1.29 is 22.7 Å². The largest absolute Gasteiger partial charge is 0.403 e. The minimum atomic E-state index is -3.66. The predicted octanol–water partition coefficient (Wildman–Crippen LogP) is 2.52. The van der Waals surface area contributed by atoms with Crippen molar-refractivity contribution in [3.8, 4) is 5.88 Å². The van der Waals surface area contributed by atoms with Crippen molar-refractivity contribution in [3.63, 3.8) is 0 Å². The van der Waals surface area contributed by atoms with E-state index in [9.17, 15) is 18.0 Å². The van der Waals surface area contributed by atoms with Crippen LogP contribution in [-0.4, -0.2) is 55.8 Å². The molecule has 0 radical (unpaired) electrons. The molecule has 0 amide bonds. The smallest absolute Gasteiger partial charge is 0.348 e. The van der Waals surface area contributed by atoms with Gasteiger partial charge in [-0.05, 0) is 32.0 Å². The third-order valence-corrected chi connectivity index (χ3v) is 7.08. The quantitative estimate of drug-likeness (QED) is 0.263. The number of ether oxygens (including phenoxy) is 1. The number of sulfone groups is 1. The van der Waals surface area contributed by atoms with Gasteiger partial charge in [-0.2, -0.15) is 15.3 Å². The Kier molecular flexibility index (Phi) is 6.58.